The van der Waals surface area contributed by atoms with E-state index in [0.29, 0.717) is 13.1 Å². The lowest BCUT2D eigenvalue weighted by atomic mass is 9.84. The Bertz CT molecular complexity index is 825. The lowest BCUT2D eigenvalue weighted by Crippen LogP contribution is -2.49. The molecule has 2 N–H and O–H groups in total. The Morgan fingerprint density at radius 3 is 2.59 bits per heavy atom. The van der Waals surface area contributed by atoms with Gasteiger partial charge in [0.25, 0.3) is 0 Å². The summed E-state index contributed by atoms with van der Waals surface area (Å²) in [5.74, 6) is 0.949. The fourth-order valence-corrected chi connectivity index (χ4v) is 4.66. The molecule has 1 heterocycles. The van der Waals surface area contributed by atoms with E-state index >= 15 is 0 Å². The van der Waals surface area contributed by atoms with Crippen LogP contribution in [0.5, 0.6) is 0 Å². The number of nitrogens with one attached hydrogen (secondary N) is 2. The lowest BCUT2D eigenvalue weighted by molar-refractivity contribution is -0.138. The predicted molar refractivity (Wildman–Crippen MR) is 120 cm³/mol. The highest BCUT2D eigenvalue weighted by Crippen LogP contribution is 2.38. The van der Waals surface area contributed by atoms with Crippen LogP contribution < -0.4 is 10.6 Å². The molecule has 1 aliphatic rings. The zero-order chi connectivity index (χ0) is 20.7. The standard InChI is InChI=1S/C22H31N5OS/c1-4-23-21(25-16-22(12-8-9-13-22)20(28)27(2)3)24-14-18-15-29-19(26-18)17-10-6-5-7-11-17/h5-7,10-11,15H,4,8-9,12-14,16H2,1-3H3,(H2,23,24,25). The van der Waals surface area contributed by atoms with Crippen molar-refractivity contribution < 1.29 is 4.79 Å². The Hall–Kier alpha value is -2.41. The maximum atomic E-state index is 12.8. The molecule has 2 aromatic rings. The first-order chi connectivity index (χ1) is 14.0. The number of rotatable bonds is 7. The number of guanidine groups is 1. The average Bonchev–Trinajstić information content (AvgIpc) is 3.40. The van der Waals surface area contributed by atoms with Gasteiger partial charge in [0.05, 0.1) is 17.7 Å². The summed E-state index contributed by atoms with van der Waals surface area (Å²) >= 11 is 1.64. The maximum absolute atomic E-state index is 12.8. The molecule has 0 spiro atoms. The van der Waals surface area contributed by atoms with Crippen LogP contribution in [0.15, 0.2) is 40.7 Å². The van der Waals surface area contributed by atoms with Gasteiger partial charge in [0.2, 0.25) is 5.91 Å². The Balaban J connectivity index is 1.66. The normalized spacial score (nSPS) is 15.9. The van der Waals surface area contributed by atoms with Gasteiger partial charge in [0.15, 0.2) is 5.96 Å². The van der Waals surface area contributed by atoms with Crippen LogP contribution >= 0.6 is 11.3 Å². The number of nitrogens with zero attached hydrogens (tertiary/aromatic N) is 3. The largest absolute Gasteiger partial charge is 0.357 e. The first-order valence-electron chi connectivity index (χ1n) is 10.3. The van der Waals surface area contributed by atoms with Gasteiger partial charge in [-0.15, -0.1) is 11.3 Å². The van der Waals surface area contributed by atoms with Crippen molar-refractivity contribution >= 4 is 23.2 Å². The molecule has 1 aromatic carbocycles. The van der Waals surface area contributed by atoms with Crippen LogP contribution in [-0.2, 0) is 11.3 Å². The third-order valence-electron chi connectivity index (χ3n) is 5.33. The molecule has 6 nitrogen and oxygen atoms in total. The van der Waals surface area contributed by atoms with E-state index < -0.39 is 0 Å². The number of aliphatic imine (C=N–C) groups is 1. The molecule has 156 valence electrons. The van der Waals surface area contributed by atoms with E-state index in [1.807, 2.05) is 39.2 Å². The molecule has 29 heavy (non-hydrogen) atoms. The molecule has 1 saturated carbocycles. The smallest absolute Gasteiger partial charge is 0.230 e. The zero-order valence-corrected chi connectivity index (χ0v) is 18.4. The van der Waals surface area contributed by atoms with E-state index in [9.17, 15) is 4.79 Å². The van der Waals surface area contributed by atoms with Crippen LogP contribution in [0.2, 0.25) is 0 Å². The lowest BCUT2D eigenvalue weighted by Gasteiger charge is -2.31. The third kappa shape index (κ3) is 5.35. The fraction of sp³-hybridized carbons (Fsp3) is 0.500. The number of hydrogen-bond acceptors (Lipinski definition) is 4. The van der Waals surface area contributed by atoms with Crippen molar-refractivity contribution in [2.45, 2.75) is 39.2 Å². The molecular weight excluding hydrogens is 382 g/mol. The molecule has 1 fully saturated rings. The zero-order valence-electron chi connectivity index (χ0n) is 17.6. The number of thiazole rings is 1. The summed E-state index contributed by atoms with van der Waals surface area (Å²) in [6.45, 7) is 3.94. The molecule has 0 atom stereocenters. The summed E-state index contributed by atoms with van der Waals surface area (Å²) in [4.78, 5) is 23.9. The number of carbonyl (C=O) groups excluding carboxylic acids is 1. The average molecular weight is 414 g/mol. The third-order valence-corrected chi connectivity index (χ3v) is 6.27. The van der Waals surface area contributed by atoms with Crippen LogP contribution in [0.4, 0.5) is 0 Å². The highest BCUT2D eigenvalue weighted by Gasteiger charge is 2.42. The Labute approximate surface area is 177 Å². The topological polar surface area (TPSA) is 69.6 Å². The van der Waals surface area contributed by atoms with Crippen LogP contribution in [0, 0.1) is 5.41 Å². The minimum atomic E-state index is -0.319. The molecule has 3 rings (SSSR count). The summed E-state index contributed by atoms with van der Waals surface area (Å²) < 4.78 is 0. The molecule has 1 aromatic heterocycles. The quantitative estimate of drug-likeness (QED) is 0.538. The first-order valence-corrected chi connectivity index (χ1v) is 11.2. The molecule has 7 heteroatoms. The monoisotopic (exact) mass is 413 g/mol. The molecule has 0 saturated heterocycles. The Morgan fingerprint density at radius 2 is 1.93 bits per heavy atom. The van der Waals surface area contributed by atoms with E-state index in [1.165, 1.54) is 0 Å². The number of aromatic nitrogens is 1. The van der Waals surface area contributed by atoms with E-state index in [2.05, 4.69) is 28.1 Å². The number of amides is 1. The van der Waals surface area contributed by atoms with Crippen molar-refractivity contribution in [3.63, 3.8) is 0 Å². The van der Waals surface area contributed by atoms with Crippen LogP contribution in [0.25, 0.3) is 10.6 Å². The minimum Gasteiger partial charge on any atom is -0.357 e. The first kappa shape index (κ1) is 21.3. The van der Waals surface area contributed by atoms with Crippen molar-refractivity contribution in [1.29, 1.82) is 0 Å². The van der Waals surface area contributed by atoms with Crippen molar-refractivity contribution in [2.75, 3.05) is 27.2 Å². The predicted octanol–water partition coefficient (Wildman–Crippen LogP) is 3.51. The summed E-state index contributed by atoms with van der Waals surface area (Å²) in [6, 6.07) is 10.2. The van der Waals surface area contributed by atoms with Crippen LogP contribution in [0.3, 0.4) is 0 Å². The molecule has 0 aliphatic heterocycles. The van der Waals surface area contributed by atoms with Crippen molar-refractivity contribution in [3.05, 3.63) is 41.4 Å². The SMILES string of the molecule is CCNC(=NCc1csc(-c2ccccc2)n1)NCC1(C(=O)N(C)C)CCCC1. The fourth-order valence-electron chi connectivity index (χ4n) is 3.84. The van der Waals surface area contributed by atoms with Gasteiger partial charge in [-0.2, -0.15) is 0 Å². The van der Waals surface area contributed by atoms with Gasteiger partial charge in [-0.05, 0) is 19.8 Å². The summed E-state index contributed by atoms with van der Waals surface area (Å²) in [7, 11) is 3.68. The summed E-state index contributed by atoms with van der Waals surface area (Å²) in [5, 5.41) is 9.77. The van der Waals surface area contributed by atoms with E-state index in [1.54, 1.807) is 16.2 Å². The summed E-state index contributed by atoms with van der Waals surface area (Å²) in [5.41, 5.74) is 1.76. The molecule has 1 aliphatic carbocycles. The molecule has 0 unspecified atom stereocenters. The van der Waals surface area contributed by atoms with E-state index in [0.717, 1.165) is 54.5 Å². The van der Waals surface area contributed by atoms with Gasteiger partial charge in [0.1, 0.15) is 5.01 Å². The van der Waals surface area contributed by atoms with Gasteiger partial charge in [-0.3, -0.25) is 4.79 Å². The van der Waals surface area contributed by atoms with Crippen LogP contribution in [0.1, 0.15) is 38.3 Å². The second kappa shape index (κ2) is 9.87. The number of benzene rings is 1. The van der Waals surface area contributed by atoms with E-state index in [-0.39, 0.29) is 11.3 Å². The van der Waals surface area contributed by atoms with Gasteiger partial charge < -0.3 is 15.5 Å². The van der Waals surface area contributed by atoms with Gasteiger partial charge in [0, 0.05) is 38.1 Å². The van der Waals surface area contributed by atoms with E-state index in [4.69, 9.17) is 9.98 Å². The van der Waals surface area contributed by atoms with Crippen molar-refractivity contribution in [2.24, 2.45) is 10.4 Å². The highest BCUT2D eigenvalue weighted by atomic mass is 32.1. The number of carbonyl (C=O) groups is 1. The molecular formula is C22H31N5OS. The Morgan fingerprint density at radius 1 is 1.21 bits per heavy atom. The minimum absolute atomic E-state index is 0.213. The van der Waals surface area contributed by atoms with Gasteiger partial charge in [-0.25, -0.2) is 9.98 Å². The second-order valence-electron chi connectivity index (χ2n) is 7.75. The van der Waals surface area contributed by atoms with Crippen LogP contribution in [-0.4, -0.2) is 48.9 Å². The summed E-state index contributed by atoms with van der Waals surface area (Å²) in [6.07, 6.45) is 4.08. The highest BCUT2D eigenvalue weighted by molar-refractivity contribution is 7.13. The molecule has 0 bridgehead atoms. The van der Waals surface area contributed by atoms with Crippen molar-refractivity contribution in [3.8, 4) is 10.6 Å². The number of hydrogen-bond donors (Lipinski definition) is 2. The maximum Gasteiger partial charge on any atom is 0.230 e. The second-order valence-corrected chi connectivity index (χ2v) is 8.60. The molecule has 1 amide bonds. The van der Waals surface area contributed by atoms with Gasteiger partial charge >= 0.3 is 0 Å². The molecule has 0 radical (unpaired) electrons. The van der Waals surface area contributed by atoms with Gasteiger partial charge in [-0.1, -0.05) is 43.2 Å². The van der Waals surface area contributed by atoms with Crippen molar-refractivity contribution in [1.82, 2.24) is 20.5 Å². The Kier molecular flexibility index (Phi) is 7.25.